The average Bonchev–Trinajstić information content (AvgIpc) is 2.64. The van der Waals surface area contributed by atoms with Crippen LogP contribution in [0.15, 0.2) is 30.3 Å². The summed E-state index contributed by atoms with van der Waals surface area (Å²) in [5.74, 6) is 1.15. The Morgan fingerprint density at radius 2 is 1.70 bits per heavy atom. The molecule has 2 rings (SSSR count). The Labute approximate surface area is 164 Å². The van der Waals surface area contributed by atoms with Crippen molar-refractivity contribution in [1.82, 2.24) is 10.2 Å². The number of carbonyl (C=O) groups is 2. The highest BCUT2D eigenvalue weighted by Gasteiger charge is 2.31. The van der Waals surface area contributed by atoms with Crippen LogP contribution in [-0.2, 0) is 16.0 Å². The Morgan fingerprint density at radius 1 is 1.07 bits per heavy atom. The highest BCUT2D eigenvalue weighted by molar-refractivity contribution is 5.88. The molecule has 0 bridgehead atoms. The SMILES string of the molecule is CC(C)CC(=O)NC(C(=O)N1CCC(CCc2ccccc2)CC1)C(C)C. The zero-order valence-corrected chi connectivity index (χ0v) is 17.4. The Morgan fingerprint density at radius 3 is 2.26 bits per heavy atom. The molecular weight excluding hydrogens is 336 g/mol. The van der Waals surface area contributed by atoms with Gasteiger partial charge in [-0.05, 0) is 49.0 Å². The van der Waals surface area contributed by atoms with Crippen LogP contribution < -0.4 is 5.32 Å². The number of hydrogen-bond donors (Lipinski definition) is 1. The van der Waals surface area contributed by atoms with Crippen LogP contribution in [0.5, 0.6) is 0 Å². The lowest BCUT2D eigenvalue weighted by molar-refractivity contribution is -0.139. The van der Waals surface area contributed by atoms with E-state index in [4.69, 9.17) is 0 Å². The van der Waals surface area contributed by atoms with Gasteiger partial charge in [-0.15, -0.1) is 0 Å². The van der Waals surface area contributed by atoms with Crippen LogP contribution in [0.4, 0.5) is 0 Å². The molecule has 0 aromatic heterocycles. The first-order valence-corrected chi connectivity index (χ1v) is 10.5. The van der Waals surface area contributed by atoms with E-state index in [1.54, 1.807) is 0 Å². The van der Waals surface area contributed by atoms with Crippen molar-refractivity contribution in [2.24, 2.45) is 17.8 Å². The number of benzene rings is 1. The second kappa shape index (κ2) is 10.5. The molecule has 1 unspecified atom stereocenters. The maximum atomic E-state index is 13.0. The van der Waals surface area contributed by atoms with E-state index in [-0.39, 0.29) is 17.7 Å². The number of aryl methyl sites for hydroxylation is 1. The van der Waals surface area contributed by atoms with Crippen LogP contribution in [-0.4, -0.2) is 35.8 Å². The van der Waals surface area contributed by atoms with Gasteiger partial charge < -0.3 is 10.2 Å². The van der Waals surface area contributed by atoms with E-state index in [1.807, 2.05) is 32.6 Å². The van der Waals surface area contributed by atoms with Gasteiger partial charge in [-0.25, -0.2) is 0 Å². The van der Waals surface area contributed by atoms with Gasteiger partial charge in [-0.1, -0.05) is 58.0 Å². The van der Waals surface area contributed by atoms with Crippen LogP contribution >= 0.6 is 0 Å². The molecule has 0 radical (unpaired) electrons. The maximum absolute atomic E-state index is 13.0. The zero-order valence-electron chi connectivity index (χ0n) is 17.4. The third-order valence-corrected chi connectivity index (χ3v) is 5.45. The van der Waals surface area contributed by atoms with E-state index in [2.05, 4.69) is 35.6 Å². The number of piperidine rings is 1. The van der Waals surface area contributed by atoms with Gasteiger partial charge in [-0.2, -0.15) is 0 Å². The molecule has 1 aromatic carbocycles. The summed E-state index contributed by atoms with van der Waals surface area (Å²) in [6, 6.07) is 10.2. The van der Waals surface area contributed by atoms with Crippen molar-refractivity contribution < 1.29 is 9.59 Å². The van der Waals surface area contributed by atoms with Crippen molar-refractivity contribution in [2.45, 2.75) is 65.8 Å². The molecule has 2 amide bonds. The second-order valence-corrected chi connectivity index (χ2v) is 8.68. The highest BCUT2D eigenvalue weighted by Crippen LogP contribution is 2.23. The predicted octanol–water partition coefficient (Wildman–Crippen LogP) is 4.04. The minimum Gasteiger partial charge on any atom is -0.344 e. The van der Waals surface area contributed by atoms with Crippen molar-refractivity contribution in [2.75, 3.05) is 13.1 Å². The van der Waals surface area contributed by atoms with Gasteiger partial charge in [-0.3, -0.25) is 9.59 Å². The third-order valence-electron chi connectivity index (χ3n) is 5.45. The van der Waals surface area contributed by atoms with Gasteiger partial charge in [0.25, 0.3) is 0 Å². The molecule has 27 heavy (non-hydrogen) atoms. The number of amides is 2. The van der Waals surface area contributed by atoms with Gasteiger partial charge in [0.15, 0.2) is 0 Å². The summed E-state index contributed by atoms with van der Waals surface area (Å²) < 4.78 is 0. The summed E-state index contributed by atoms with van der Waals surface area (Å²) in [6.07, 6.45) is 4.88. The largest absolute Gasteiger partial charge is 0.344 e. The van der Waals surface area contributed by atoms with E-state index >= 15 is 0 Å². The number of hydrogen-bond acceptors (Lipinski definition) is 2. The molecular formula is C23H36N2O2. The number of carbonyl (C=O) groups excluding carboxylic acids is 2. The molecule has 1 heterocycles. The topological polar surface area (TPSA) is 49.4 Å². The van der Waals surface area contributed by atoms with Gasteiger partial charge in [0.2, 0.25) is 11.8 Å². The summed E-state index contributed by atoms with van der Waals surface area (Å²) in [5, 5.41) is 2.97. The molecule has 1 aliphatic rings. The van der Waals surface area contributed by atoms with Gasteiger partial charge in [0, 0.05) is 19.5 Å². The maximum Gasteiger partial charge on any atom is 0.245 e. The van der Waals surface area contributed by atoms with E-state index in [9.17, 15) is 9.59 Å². The lowest BCUT2D eigenvalue weighted by atomic mass is 9.90. The summed E-state index contributed by atoms with van der Waals surface area (Å²) in [6.45, 7) is 9.66. The predicted molar refractivity (Wildman–Crippen MR) is 110 cm³/mol. The van der Waals surface area contributed by atoms with Crippen LogP contribution in [0, 0.1) is 17.8 Å². The molecule has 1 aliphatic heterocycles. The molecule has 1 fully saturated rings. The van der Waals surface area contributed by atoms with E-state index in [1.165, 1.54) is 12.0 Å². The minimum atomic E-state index is -0.405. The molecule has 1 aromatic rings. The Bertz CT molecular complexity index is 590. The summed E-state index contributed by atoms with van der Waals surface area (Å²) in [4.78, 5) is 27.1. The standard InChI is InChI=1S/C23H36N2O2/c1-17(2)16-21(26)24-22(18(3)4)23(27)25-14-12-20(13-15-25)11-10-19-8-6-5-7-9-19/h5-9,17-18,20,22H,10-16H2,1-4H3,(H,24,26). The Kier molecular flexibility index (Phi) is 8.33. The van der Waals surface area contributed by atoms with Crippen molar-refractivity contribution in [1.29, 1.82) is 0 Å². The quantitative estimate of drug-likeness (QED) is 0.748. The number of nitrogens with zero attached hydrogens (tertiary/aromatic N) is 1. The summed E-state index contributed by atoms with van der Waals surface area (Å²) >= 11 is 0. The van der Waals surface area contributed by atoms with Crippen molar-refractivity contribution in [3.8, 4) is 0 Å². The zero-order chi connectivity index (χ0) is 19.8. The highest BCUT2D eigenvalue weighted by atomic mass is 16.2. The van der Waals surface area contributed by atoms with Crippen LogP contribution in [0.25, 0.3) is 0 Å². The fourth-order valence-electron chi connectivity index (χ4n) is 3.77. The summed E-state index contributed by atoms with van der Waals surface area (Å²) in [7, 11) is 0. The molecule has 4 nitrogen and oxygen atoms in total. The van der Waals surface area contributed by atoms with E-state index in [0.29, 0.717) is 18.3 Å². The molecule has 4 heteroatoms. The Balaban J connectivity index is 1.81. The number of nitrogens with one attached hydrogen (secondary N) is 1. The Hall–Kier alpha value is -1.84. The van der Waals surface area contributed by atoms with Crippen molar-refractivity contribution in [3.63, 3.8) is 0 Å². The smallest absolute Gasteiger partial charge is 0.245 e. The lowest BCUT2D eigenvalue weighted by Gasteiger charge is -2.35. The van der Waals surface area contributed by atoms with E-state index < -0.39 is 6.04 Å². The normalized spacial score (nSPS) is 16.6. The van der Waals surface area contributed by atoms with Crippen LogP contribution in [0.1, 0.15) is 58.9 Å². The molecule has 0 spiro atoms. The first-order chi connectivity index (χ1) is 12.9. The van der Waals surface area contributed by atoms with Gasteiger partial charge in [0.1, 0.15) is 6.04 Å². The molecule has 0 aliphatic carbocycles. The van der Waals surface area contributed by atoms with Gasteiger partial charge in [0.05, 0.1) is 0 Å². The minimum absolute atomic E-state index is 0.0187. The number of likely N-dealkylation sites (tertiary alicyclic amines) is 1. The monoisotopic (exact) mass is 372 g/mol. The van der Waals surface area contributed by atoms with Crippen molar-refractivity contribution >= 4 is 11.8 Å². The number of rotatable bonds is 8. The first kappa shape index (κ1) is 21.5. The fraction of sp³-hybridized carbons (Fsp3) is 0.652. The molecule has 1 atom stereocenters. The molecule has 1 N–H and O–H groups in total. The molecule has 0 saturated carbocycles. The fourth-order valence-corrected chi connectivity index (χ4v) is 3.77. The molecule has 1 saturated heterocycles. The van der Waals surface area contributed by atoms with Crippen molar-refractivity contribution in [3.05, 3.63) is 35.9 Å². The second-order valence-electron chi connectivity index (χ2n) is 8.68. The third kappa shape index (κ3) is 7.00. The van der Waals surface area contributed by atoms with E-state index in [0.717, 1.165) is 32.4 Å². The van der Waals surface area contributed by atoms with Crippen LogP contribution in [0.3, 0.4) is 0 Å². The molecule has 150 valence electrons. The average molecular weight is 373 g/mol. The lowest BCUT2D eigenvalue weighted by Crippen LogP contribution is -2.53. The van der Waals surface area contributed by atoms with Gasteiger partial charge >= 0.3 is 0 Å². The van der Waals surface area contributed by atoms with Crippen LogP contribution in [0.2, 0.25) is 0 Å². The summed E-state index contributed by atoms with van der Waals surface area (Å²) in [5.41, 5.74) is 1.39. The first-order valence-electron chi connectivity index (χ1n) is 10.5.